The summed E-state index contributed by atoms with van der Waals surface area (Å²) >= 11 is 6.01. The molecule has 0 aliphatic carbocycles. The van der Waals surface area contributed by atoms with Crippen molar-refractivity contribution in [2.24, 2.45) is 0 Å². The van der Waals surface area contributed by atoms with E-state index in [9.17, 15) is 14.4 Å². The van der Waals surface area contributed by atoms with Crippen LogP contribution < -0.4 is 16.0 Å². The van der Waals surface area contributed by atoms with Crippen molar-refractivity contribution in [1.29, 1.82) is 0 Å². The molecular weight excluding hydrogens is 320 g/mol. The molecule has 1 aromatic carbocycles. The average Bonchev–Trinajstić information content (AvgIpc) is 3.06. The van der Waals surface area contributed by atoms with E-state index in [0.717, 1.165) is 25.9 Å². The molecular formula is C15H19ClN4O3. The second-order valence-corrected chi connectivity index (χ2v) is 5.58. The Labute approximate surface area is 139 Å². The van der Waals surface area contributed by atoms with Crippen molar-refractivity contribution in [1.82, 2.24) is 15.5 Å². The first-order valence-corrected chi connectivity index (χ1v) is 7.73. The third kappa shape index (κ3) is 4.59. The highest BCUT2D eigenvalue weighted by Crippen LogP contribution is 2.20. The lowest BCUT2D eigenvalue weighted by Gasteiger charge is -2.15. The molecule has 0 aromatic heterocycles. The van der Waals surface area contributed by atoms with Crippen LogP contribution in [0, 0.1) is 0 Å². The minimum atomic E-state index is -0.499. The highest BCUT2D eigenvalue weighted by molar-refractivity contribution is 6.34. The number of hydrogen-bond donors (Lipinski definition) is 3. The zero-order chi connectivity index (χ0) is 16.8. The Kier molecular flexibility index (Phi) is 5.81. The summed E-state index contributed by atoms with van der Waals surface area (Å²) in [4.78, 5) is 36.9. The molecule has 2 rings (SSSR count). The van der Waals surface area contributed by atoms with E-state index in [1.54, 1.807) is 11.0 Å². The van der Waals surface area contributed by atoms with E-state index in [2.05, 4.69) is 16.0 Å². The number of carbonyl (C=O) groups is 3. The molecule has 1 aromatic rings. The highest BCUT2D eigenvalue weighted by Gasteiger charge is 2.18. The Morgan fingerprint density at radius 2 is 1.91 bits per heavy atom. The molecule has 0 atom stereocenters. The standard InChI is InChI=1S/C15H19ClN4O3/c1-17-14(22)11-5-4-10(8-12(11)16)19-15(23)18-9-13(21)20-6-2-3-7-20/h4-5,8H,2-3,6-7,9H2,1H3,(H,17,22)(H2,18,19,23). The third-order valence-corrected chi connectivity index (χ3v) is 3.87. The Hall–Kier alpha value is -2.28. The van der Waals surface area contributed by atoms with Gasteiger partial charge in [0.15, 0.2) is 0 Å². The van der Waals surface area contributed by atoms with Gasteiger partial charge in [-0.25, -0.2) is 4.79 Å². The van der Waals surface area contributed by atoms with Gasteiger partial charge in [0, 0.05) is 25.8 Å². The van der Waals surface area contributed by atoms with Gasteiger partial charge in [-0.3, -0.25) is 9.59 Å². The minimum Gasteiger partial charge on any atom is -0.355 e. The summed E-state index contributed by atoms with van der Waals surface area (Å²) in [6.45, 7) is 1.45. The number of halogens is 1. The van der Waals surface area contributed by atoms with Crippen molar-refractivity contribution in [2.45, 2.75) is 12.8 Å². The van der Waals surface area contributed by atoms with Crippen LogP contribution in [0.5, 0.6) is 0 Å². The predicted octanol–water partition coefficient (Wildman–Crippen LogP) is 1.44. The Balaban J connectivity index is 1.86. The summed E-state index contributed by atoms with van der Waals surface area (Å²) in [6.07, 6.45) is 2.02. The lowest BCUT2D eigenvalue weighted by atomic mass is 10.2. The quantitative estimate of drug-likeness (QED) is 0.776. The van der Waals surface area contributed by atoms with Crippen LogP contribution in [-0.4, -0.2) is 49.4 Å². The number of hydrogen-bond acceptors (Lipinski definition) is 3. The molecule has 1 aliphatic rings. The average molecular weight is 339 g/mol. The van der Waals surface area contributed by atoms with Gasteiger partial charge in [-0.2, -0.15) is 0 Å². The van der Waals surface area contributed by atoms with Crippen molar-refractivity contribution in [2.75, 3.05) is 32.0 Å². The largest absolute Gasteiger partial charge is 0.355 e. The minimum absolute atomic E-state index is 0.0457. The summed E-state index contributed by atoms with van der Waals surface area (Å²) in [7, 11) is 1.51. The first-order chi connectivity index (χ1) is 11.0. The molecule has 124 valence electrons. The zero-order valence-electron chi connectivity index (χ0n) is 12.8. The zero-order valence-corrected chi connectivity index (χ0v) is 13.6. The van der Waals surface area contributed by atoms with E-state index in [-0.39, 0.29) is 23.4 Å². The number of urea groups is 1. The number of amides is 4. The predicted molar refractivity (Wildman–Crippen MR) is 87.7 cm³/mol. The number of carbonyl (C=O) groups excluding carboxylic acids is 3. The fourth-order valence-electron chi connectivity index (χ4n) is 2.32. The van der Waals surface area contributed by atoms with Gasteiger partial charge < -0.3 is 20.9 Å². The number of nitrogens with zero attached hydrogens (tertiary/aromatic N) is 1. The third-order valence-electron chi connectivity index (χ3n) is 3.56. The van der Waals surface area contributed by atoms with Crippen LogP contribution in [-0.2, 0) is 4.79 Å². The molecule has 1 aliphatic heterocycles. The van der Waals surface area contributed by atoms with Crippen LogP contribution in [0.25, 0.3) is 0 Å². The van der Waals surface area contributed by atoms with Crippen molar-refractivity contribution in [3.63, 3.8) is 0 Å². The SMILES string of the molecule is CNC(=O)c1ccc(NC(=O)NCC(=O)N2CCCC2)cc1Cl. The number of benzene rings is 1. The van der Waals surface area contributed by atoms with Crippen molar-refractivity contribution >= 4 is 35.1 Å². The lowest BCUT2D eigenvalue weighted by molar-refractivity contribution is -0.128. The van der Waals surface area contributed by atoms with Crippen molar-refractivity contribution < 1.29 is 14.4 Å². The maximum absolute atomic E-state index is 11.8. The molecule has 0 spiro atoms. The van der Waals surface area contributed by atoms with Crippen molar-refractivity contribution in [3.8, 4) is 0 Å². The highest BCUT2D eigenvalue weighted by atomic mass is 35.5. The number of nitrogens with one attached hydrogen (secondary N) is 3. The molecule has 0 radical (unpaired) electrons. The van der Waals surface area contributed by atoms with Gasteiger partial charge in [0.25, 0.3) is 5.91 Å². The second kappa shape index (κ2) is 7.82. The van der Waals surface area contributed by atoms with Crippen LogP contribution >= 0.6 is 11.6 Å². The molecule has 1 fully saturated rings. The molecule has 23 heavy (non-hydrogen) atoms. The molecule has 1 saturated heterocycles. The molecule has 7 nitrogen and oxygen atoms in total. The van der Waals surface area contributed by atoms with E-state index in [4.69, 9.17) is 11.6 Å². The summed E-state index contributed by atoms with van der Waals surface area (Å²) in [5.74, 6) is -0.396. The van der Waals surface area contributed by atoms with Crippen LogP contribution in [0.1, 0.15) is 23.2 Å². The van der Waals surface area contributed by atoms with Gasteiger partial charge in [0.1, 0.15) is 0 Å². The van der Waals surface area contributed by atoms with Gasteiger partial charge in [-0.15, -0.1) is 0 Å². The molecule has 1 heterocycles. The maximum Gasteiger partial charge on any atom is 0.319 e. The monoisotopic (exact) mass is 338 g/mol. The lowest BCUT2D eigenvalue weighted by Crippen LogP contribution is -2.40. The first-order valence-electron chi connectivity index (χ1n) is 7.35. The van der Waals surface area contributed by atoms with E-state index < -0.39 is 6.03 Å². The Morgan fingerprint density at radius 1 is 1.22 bits per heavy atom. The first kappa shape index (κ1) is 17.1. The molecule has 0 bridgehead atoms. The summed E-state index contributed by atoms with van der Waals surface area (Å²) < 4.78 is 0. The van der Waals surface area contributed by atoms with Crippen LogP contribution in [0.3, 0.4) is 0 Å². The van der Waals surface area contributed by atoms with Crippen LogP contribution in [0.4, 0.5) is 10.5 Å². The maximum atomic E-state index is 11.8. The van der Waals surface area contributed by atoms with Crippen LogP contribution in [0.15, 0.2) is 18.2 Å². The Bertz CT molecular complexity index is 615. The summed E-state index contributed by atoms with van der Waals surface area (Å²) in [6, 6.07) is 4.07. The topological polar surface area (TPSA) is 90.5 Å². The van der Waals surface area contributed by atoms with Gasteiger partial charge in [0.05, 0.1) is 17.1 Å². The molecule has 8 heteroatoms. The number of rotatable bonds is 4. The van der Waals surface area contributed by atoms with Crippen LogP contribution in [0.2, 0.25) is 5.02 Å². The van der Waals surface area contributed by atoms with Gasteiger partial charge in [-0.05, 0) is 31.0 Å². The Morgan fingerprint density at radius 3 is 2.52 bits per heavy atom. The summed E-state index contributed by atoms with van der Waals surface area (Å²) in [5.41, 5.74) is 0.762. The van der Waals surface area contributed by atoms with Gasteiger partial charge in [-0.1, -0.05) is 11.6 Å². The molecule has 3 N–H and O–H groups in total. The van der Waals surface area contributed by atoms with E-state index >= 15 is 0 Å². The smallest absolute Gasteiger partial charge is 0.319 e. The second-order valence-electron chi connectivity index (χ2n) is 5.17. The summed E-state index contributed by atoms with van der Waals surface area (Å²) in [5, 5.41) is 7.80. The van der Waals surface area contributed by atoms with E-state index in [1.165, 1.54) is 19.2 Å². The van der Waals surface area contributed by atoms with E-state index in [1.807, 2.05) is 0 Å². The fraction of sp³-hybridized carbons (Fsp3) is 0.400. The number of anilines is 1. The number of likely N-dealkylation sites (tertiary alicyclic amines) is 1. The van der Waals surface area contributed by atoms with Gasteiger partial charge in [0.2, 0.25) is 5.91 Å². The normalized spacial score (nSPS) is 13.6. The fourth-order valence-corrected chi connectivity index (χ4v) is 2.59. The molecule has 0 saturated carbocycles. The van der Waals surface area contributed by atoms with Gasteiger partial charge >= 0.3 is 6.03 Å². The molecule has 0 unspecified atom stereocenters. The van der Waals surface area contributed by atoms with E-state index in [0.29, 0.717) is 11.3 Å². The molecule has 4 amide bonds. The van der Waals surface area contributed by atoms with Crippen molar-refractivity contribution in [3.05, 3.63) is 28.8 Å².